The van der Waals surface area contributed by atoms with Crippen LogP contribution in [0.15, 0.2) is 48.7 Å². The van der Waals surface area contributed by atoms with Crippen molar-refractivity contribution in [2.24, 2.45) is 0 Å². The van der Waals surface area contributed by atoms with Gasteiger partial charge in [0.05, 0.1) is 18.0 Å². The van der Waals surface area contributed by atoms with Gasteiger partial charge in [0.1, 0.15) is 19.0 Å². The Kier molecular flexibility index (Phi) is 5.04. The summed E-state index contributed by atoms with van der Waals surface area (Å²) >= 11 is 0. The fourth-order valence-electron chi connectivity index (χ4n) is 3.04. The highest BCUT2D eigenvalue weighted by atomic mass is 19.1. The Hall–Kier alpha value is -2.90. The van der Waals surface area contributed by atoms with E-state index >= 15 is 0 Å². The first-order valence-corrected chi connectivity index (χ1v) is 8.77. The highest BCUT2D eigenvalue weighted by Gasteiger charge is 2.15. The molecule has 1 aliphatic heterocycles. The summed E-state index contributed by atoms with van der Waals surface area (Å²) in [6, 6.07) is 11.6. The molecule has 0 aliphatic carbocycles. The second-order valence-electron chi connectivity index (χ2n) is 6.33. The van der Waals surface area contributed by atoms with Crippen molar-refractivity contribution < 1.29 is 19.0 Å². The molecule has 140 valence electrons. The van der Waals surface area contributed by atoms with E-state index in [0.717, 1.165) is 28.3 Å². The lowest BCUT2D eigenvalue weighted by molar-refractivity contribution is 0.171. The zero-order chi connectivity index (χ0) is 18.6. The number of aliphatic hydroxyl groups is 1. The summed E-state index contributed by atoms with van der Waals surface area (Å²) in [5.41, 5.74) is 3.48. The van der Waals surface area contributed by atoms with E-state index in [0.29, 0.717) is 31.9 Å². The number of rotatable bonds is 6. The van der Waals surface area contributed by atoms with Crippen LogP contribution >= 0.6 is 0 Å². The maximum Gasteiger partial charge on any atom is 0.162 e. The van der Waals surface area contributed by atoms with Crippen molar-refractivity contribution in [2.45, 2.75) is 12.6 Å². The van der Waals surface area contributed by atoms with Gasteiger partial charge in [0.25, 0.3) is 0 Å². The van der Waals surface area contributed by atoms with Crippen LogP contribution in [0.3, 0.4) is 0 Å². The molecule has 6 nitrogen and oxygen atoms in total. The Morgan fingerprint density at radius 2 is 1.89 bits per heavy atom. The molecule has 3 aromatic rings. The molecule has 0 spiro atoms. The predicted octanol–water partition coefficient (Wildman–Crippen LogP) is 2.81. The highest BCUT2D eigenvalue weighted by Crippen LogP contribution is 2.34. The number of ether oxygens (including phenoxy) is 2. The van der Waals surface area contributed by atoms with Gasteiger partial charge in [-0.1, -0.05) is 12.1 Å². The molecule has 0 saturated heterocycles. The van der Waals surface area contributed by atoms with Crippen LogP contribution in [0.5, 0.6) is 11.5 Å². The van der Waals surface area contributed by atoms with Gasteiger partial charge in [-0.25, -0.2) is 4.39 Å². The molecule has 1 atom stereocenters. The molecular formula is C20H20FN3O3. The first-order valence-electron chi connectivity index (χ1n) is 8.77. The summed E-state index contributed by atoms with van der Waals surface area (Å²) in [4.78, 5) is 0. The monoisotopic (exact) mass is 369 g/mol. The lowest BCUT2D eigenvalue weighted by atomic mass is 10.1. The normalized spacial score (nSPS) is 14.1. The van der Waals surface area contributed by atoms with Gasteiger partial charge in [-0.15, -0.1) is 0 Å². The van der Waals surface area contributed by atoms with Crippen LogP contribution in [0.2, 0.25) is 0 Å². The van der Waals surface area contributed by atoms with Crippen LogP contribution in [-0.2, 0) is 6.54 Å². The van der Waals surface area contributed by atoms with Crippen LogP contribution in [-0.4, -0.2) is 35.1 Å². The third-order valence-electron chi connectivity index (χ3n) is 4.46. The minimum absolute atomic E-state index is 0.318. The number of hydrogen-bond acceptors (Lipinski definition) is 5. The Morgan fingerprint density at radius 1 is 1.11 bits per heavy atom. The van der Waals surface area contributed by atoms with Crippen LogP contribution in [0, 0.1) is 5.82 Å². The Bertz CT molecular complexity index is 911. The zero-order valence-corrected chi connectivity index (χ0v) is 14.6. The van der Waals surface area contributed by atoms with E-state index in [1.807, 2.05) is 18.2 Å². The largest absolute Gasteiger partial charge is 0.486 e. The van der Waals surface area contributed by atoms with Gasteiger partial charge in [0.2, 0.25) is 0 Å². The number of aromatic amines is 1. The molecule has 0 radical (unpaired) electrons. The number of hydrogen-bond donors (Lipinski definition) is 3. The van der Waals surface area contributed by atoms with E-state index in [1.165, 1.54) is 12.1 Å². The van der Waals surface area contributed by atoms with Crippen LogP contribution in [0.1, 0.15) is 17.2 Å². The van der Waals surface area contributed by atoms with E-state index in [2.05, 4.69) is 15.5 Å². The zero-order valence-electron chi connectivity index (χ0n) is 14.6. The molecule has 0 amide bonds. The number of aliphatic hydroxyl groups excluding tert-OH is 1. The van der Waals surface area contributed by atoms with Crippen molar-refractivity contribution in [1.29, 1.82) is 0 Å². The van der Waals surface area contributed by atoms with Gasteiger partial charge in [-0.3, -0.25) is 5.10 Å². The Labute approximate surface area is 155 Å². The van der Waals surface area contributed by atoms with Crippen molar-refractivity contribution in [2.75, 3.05) is 19.8 Å². The van der Waals surface area contributed by atoms with E-state index in [1.54, 1.807) is 18.3 Å². The van der Waals surface area contributed by atoms with E-state index in [4.69, 9.17) is 9.47 Å². The van der Waals surface area contributed by atoms with Crippen LogP contribution in [0.4, 0.5) is 4.39 Å². The van der Waals surface area contributed by atoms with Crippen molar-refractivity contribution in [3.8, 4) is 22.8 Å². The number of nitrogens with one attached hydrogen (secondary N) is 2. The van der Waals surface area contributed by atoms with Crippen LogP contribution < -0.4 is 14.8 Å². The average Bonchev–Trinajstić information content (AvgIpc) is 3.16. The average molecular weight is 369 g/mol. The van der Waals surface area contributed by atoms with Gasteiger partial charge in [-0.2, -0.15) is 5.10 Å². The molecule has 1 aliphatic rings. The molecule has 0 fully saturated rings. The Morgan fingerprint density at radius 3 is 2.70 bits per heavy atom. The van der Waals surface area contributed by atoms with Gasteiger partial charge in [0, 0.05) is 24.2 Å². The summed E-state index contributed by atoms with van der Waals surface area (Å²) in [7, 11) is 0. The molecule has 0 bridgehead atoms. The molecule has 7 heteroatoms. The van der Waals surface area contributed by atoms with E-state index in [9.17, 15) is 9.50 Å². The van der Waals surface area contributed by atoms with Crippen molar-refractivity contribution in [3.63, 3.8) is 0 Å². The minimum Gasteiger partial charge on any atom is -0.486 e. The van der Waals surface area contributed by atoms with Crippen LogP contribution in [0.25, 0.3) is 11.3 Å². The molecule has 4 rings (SSSR count). The molecule has 2 heterocycles. The fraction of sp³-hybridized carbons (Fsp3) is 0.250. The molecule has 3 N–H and O–H groups in total. The van der Waals surface area contributed by atoms with Gasteiger partial charge < -0.3 is 19.9 Å². The number of H-pyrrole nitrogens is 1. The number of benzene rings is 2. The first kappa shape index (κ1) is 17.5. The third kappa shape index (κ3) is 3.94. The lowest BCUT2D eigenvalue weighted by Gasteiger charge is -2.19. The maximum atomic E-state index is 13.0. The van der Waals surface area contributed by atoms with Gasteiger partial charge in [0.15, 0.2) is 11.5 Å². The summed E-state index contributed by atoms with van der Waals surface area (Å²) in [6.07, 6.45) is 1.04. The number of aromatic nitrogens is 2. The third-order valence-corrected chi connectivity index (χ3v) is 4.46. The smallest absolute Gasteiger partial charge is 0.162 e. The number of nitrogens with zero attached hydrogens (tertiary/aromatic N) is 1. The second-order valence-corrected chi connectivity index (χ2v) is 6.33. The van der Waals surface area contributed by atoms with E-state index in [-0.39, 0.29) is 5.82 Å². The van der Waals surface area contributed by atoms with Crippen molar-refractivity contribution in [3.05, 3.63) is 65.6 Å². The molecule has 27 heavy (non-hydrogen) atoms. The molecule has 0 saturated carbocycles. The maximum absolute atomic E-state index is 13.0. The molecular weight excluding hydrogens is 349 g/mol. The number of halogens is 1. The van der Waals surface area contributed by atoms with Gasteiger partial charge >= 0.3 is 0 Å². The highest BCUT2D eigenvalue weighted by molar-refractivity contribution is 5.66. The van der Waals surface area contributed by atoms with E-state index < -0.39 is 6.10 Å². The summed E-state index contributed by atoms with van der Waals surface area (Å²) in [5.74, 6) is 1.15. The topological polar surface area (TPSA) is 79.4 Å². The summed E-state index contributed by atoms with van der Waals surface area (Å²) in [5, 5.41) is 20.6. The predicted molar refractivity (Wildman–Crippen MR) is 98.1 cm³/mol. The minimum atomic E-state index is -0.713. The first-order chi connectivity index (χ1) is 13.2. The molecule has 1 unspecified atom stereocenters. The van der Waals surface area contributed by atoms with Crippen molar-refractivity contribution >= 4 is 0 Å². The standard InChI is InChI=1S/C20H20FN3O3/c21-16-4-1-13(2-5-16)17(25)12-22-10-15-11-23-24-20(15)14-3-6-18-19(9-14)27-8-7-26-18/h1-6,9,11,17,22,25H,7-8,10,12H2,(H,23,24). The quantitative estimate of drug-likeness (QED) is 0.623. The fourth-order valence-corrected chi connectivity index (χ4v) is 3.04. The van der Waals surface area contributed by atoms with Crippen molar-refractivity contribution in [1.82, 2.24) is 15.5 Å². The second kappa shape index (κ2) is 7.77. The molecule has 2 aromatic carbocycles. The molecule has 1 aromatic heterocycles. The van der Waals surface area contributed by atoms with Gasteiger partial charge in [-0.05, 0) is 35.9 Å². The Balaban J connectivity index is 1.41. The number of fused-ring (bicyclic) bond motifs is 1. The SMILES string of the molecule is OC(CNCc1cn[nH]c1-c1ccc2c(c1)OCCO2)c1ccc(F)cc1. The lowest BCUT2D eigenvalue weighted by Crippen LogP contribution is -2.21. The summed E-state index contributed by atoms with van der Waals surface area (Å²) < 4.78 is 24.2. The summed E-state index contributed by atoms with van der Waals surface area (Å²) in [6.45, 7) is 1.97.